The molecule has 4 rings (SSSR count). The number of phenols is 1. The van der Waals surface area contributed by atoms with E-state index in [1.54, 1.807) is 30.8 Å². The van der Waals surface area contributed by atoms with Crippen molar-refractivity contribution >= 4 is 28.7 Å². The monoisotopic (exact) mass is 537 g/mol. The van der Waals surface area contributed by atoms with Gasteiger partial charge in [-0.25, -0.2) is 4.98 Å². The lowest BCUT2D eigenvalue weighted by Gasteiger charge is -2.22. The Labute approximate surface area is 224 Å². The zero-order chi connectivity index (χ0) is 27.4. The second kappa shape index (κ2) is 11.6. The first kappa shape index (κ1) is 27.1. The van der Waals surface area contributed by atoms with Crippen LogP contribution in [0.3, 0.4) is 0 Å². The summed E-state index contributed by atoms with van der Waals surface area (Å²) in [5, 5.41) is 23.8. The van der Waals surface area contributed by atoms with Crippen LogP contribution in [0.5, 0.6) is 17.2 Å². The zero-order valence-electron chi connectivity index (χ0n) is 21.7. The molecule has 2 aromatic carbocycles. The van der Waals surface area contributed by atoms with E-state index < -0.39 is 17.1 Å². The number of hydrogen-bond donors (Lipinski definition) is 3. The van der Waals surface area contributed by atoms with E-state index >= 15 is 0 Å². The molecular formula is C28H31N3O6S. The van der Waals surface area contributed by atoms with Gasteiger partial charge in [-0.15, -0.1) is 0 Å². The number of para-hydroxylation sites is 2. The van der Waals surface area contributed by atoms with E-state index in [2.05, 4.69) is 5.32 Å². The molecule has 0 saturated carbocycles. The van der Waals surface area contributed by atoms with Gasteiger partial charge in [-0.2, -0.15) is 11.8 Å². The maximum atomic E-state index is 13.5. The van der Waals surface area contributed by atoms with Gasteiger partial charge in [0, 0.05) is 19.5 Å². The number of rotatable bonds is 10. The third-order valence-corrected chi connectivity index (χ3v) is 7.11. The molecule has 0 aliphatic heterocycles. The summed E-state index contributed by atoms with van der Waals surface area (Å²) in [5.74, 6) is 0.241. The van der Waals surface area contributed by atoms with Crippen LogP contribution in [0.2, 0.25) is 0 Å². The van der Waals surface area contributed by atoms with Crippen molar-refractivity contribution < 1.29 is 24.2 Å². The molecule has 3 N–H and O–H groups in total. The molecule has 0 saturated heterocycles. The van der Waals surface area contributed by atoms with Crippen molar-refractivity contribution in [3.63, 3.8) is 0 Å². The van der Waals surface area contributed by atoms with E-state index in [-0.39, 0.29) is 35.6 Å². The molecule has 0 bridgehead atoms. The van der Waals surface area contributed by atoms with Crippen LogP contribution in [0.4, 0.5) is 0 Å². The van der Waals surface area contributed by atoms with E-state index in [0.29, 0.717) is 17.7 Å². The summed E-state index contributed by atoms with van der Waals surface area (Å²) in [7, 11) is 3.34. The number of imidazole rings is 1. The smallest absolute Gasteiger partial charge is 0.227 e. The Bertz CT molecular complexity index is 1510. The average Bonchev–Trinajstić information content (AvgIpc) is 3.24. The Kier molecular flexibility index (Phi) is 8.31. The van der Waals surface area contributed by atoms with Crippen LogP contribution in [-0.4, -0.2) is 44.8 Å². The van der Waals surface area contributed by atoms with Crippen molar-refractivity contribution in [3.8, 4) is 17.2 Å². The topological polar surface area (TPSA) is 127 Å². The summed E-state index contributed by atoms with van der Waals surface area (Å²) in [6.45, 7) is 1.60. The van der Waals surface area contributed by atoms with Gasteiger partial charge in [0.15, 0.2) is 17.3 Å². The number of aromatic hydroxyl groups is 2. The fraction of sp³-hybridized carbons (Fsp3) is 0.321. The van der Waals surface area contributed by atoms with Gasteiger partial charge in [0.2, 0.25) is 17.1 Å². The number of phenolic OH excluding ortho intramolecular Hbond substituents is 1. The lowest BCUT2D eigenvalue weighted by molar-refractivity contribution is -0.122. The highest BCUT2D eigenvalue weighted by Crippen LogP contribution is 2.37. The second-order valence-corrected chi connectivity index (χ2v) is 10.0. The van der Waals surface area contributed by atoms with Crippen LogP contribution in [0.25, 0.3) is 11.0 Å². The Hall–Kier alpha value is -3.92. The summed E-state index contributed by atoms with van der Waals surface area (Å²) in [5.41, 5.74) is 1.74. The van der Waals surface area contributed by atoms with Crippen LogP contribution < -0.4 is 15.5 Å². The number of carbonyl (C=O) groups excluding carboxylic acids is 1. The number of thioether (sulfide) groups is 1. The number of nitrogens with one attached hydrogen (secondary N) is 1. The molecular weight excluding hydrogens is 506 g/mol. The van der Waals surface area contributed by atoms with Crippen molar-refractivity contribution in [1.29, 1.82) is 0 Å². The molecule has 200 valence electrons. The lowest BCUT2D eigenvalue weighted by atomic mass is 9.91. The second-order valence-electron chi connectivity index (χ2n) is 9.04. The first-order valence-electron chi connectivity index (χ1n) is 12.1. The third kappa shape index (κ3) is 5.65. The lowest BCUT2D eigenvalue weighted by Crippen LogP contribution is -2.32. The number of aryl methyl sites for hydroxylation is 2. The van der Waals surface area contributed by atoms with Gasteiger partial charge in [-0.05, 0) is 55.2 Å². The molecule has 4 aromatic rings. The number of nitrogens with zero attached hydrogens (tertiary/aromatic N) is 2. The van der Waals surface area contributed by atoms with Crippen LogP contribution in [0, 0.1) is 6.92 Å². The van der Waals surface area contributed by atoms with Crippen molar-refractivity contribution in [3.05, 3.63) is 81.7 Å². The third-order valence-electron chi connectivity index (χ3n) is 6.46. The summed E-state index contributed by atoms with van der Waals surface area (Å²) < 4.78 is 13.0. The van der Waals surface area contributed by atoms with Gasteiger partial charge in [-0.1, -0.05) is 18.2 Å². The first-order chi connectivity index (χ1) is 18.2. The van der Waals surface area contributed by atoms with Gasteiger partial charge >= 0.3 is 0 Å². The van der Waals surface area contributed by atoms with E-state index in [9.17, 15) is 19.8 Å². The predicted octanol–water partition coefficient (Wildman–Crippen LogP) is 4.39. The van der Waals surface area contributed by atoms with E-state index in [1.807, 2.05) is 42.1 Å². The van der Waals surface area contributed by atoms with Crippen molar-refractivity contribution in [2.75, 3.05) is 19.1 Å². The molecule has 1 amide bonds. The standard InChI is InChI=1S/C28H31N3O6S/c1-16-13-23(33)26(35)27(37-16)18(17-9-10-22(32)24(14-17)36-3)15-25(34)29-20(11-12-38-4)28-30-19-7-5-6-8-21(19)31(28)2/h5-10,13-14,18,20,32,35H,11-12,15H2,1-4H3,(H,29,34). The Morgan fingerprint density at radius 2 is 1.97 bits per heavy atom. The number of ether oxygens (including phenoxy) is 1. The molecule has 2 aromatic heterocycles. The molecule has 0 spiro atoms. The highest BCUT2D eigenvalue weighted by molar-refractivity contribution is 7.98. The van der Waals surface area contributed by atoms with Gasteiger partial charge in [0.05, 0.1) is 30.1 Å². The molecule has 2 heterocycles. The number of aromatic nitrogens is 2. The fourth-order valence-corrected chi connectivity index (χ4v) is 5.02. The van der Waals surface area contributed by atoms with Crippen LogP contribution in [-0.2, 0) is 11.8 Å². The van der Waals surface area contributed by atoms with Crippen molar-refractivity contribution in [2.45, 2.75) is 31.7 Å². The predicted molar refractivity (Wildman–Crippen MR) is 147 cm³/mol. The Balaban J connectivity index is 1.70. The van der Waals surface area contributed by atoms with Gasteiger partial charge in [0.1, 0.15) is 11.6 Å². The maximum Gasteiger partial charge on any atom is 0.227 e. The molecule has 0 radical (unpaired) electrons. The molecule has 9 nitrogen and oxygen atoms in total. The summed E-state index contributed by atoms with van der Waals surface area (Å²) in [6, 6.07) is 13.2. The number of benzene rings is 2. The normalized spacial score (nSPS) is 12.8. The largest absolute Gasteiger partial charge is 0.504 e. The molecule has 0 fully saturated rings. The van der Waals surface area contributed by atoms with E-state index in [0.717, 1.165) is 22.6 Å². The van der Waals surface area contributed by atoms with Crippen molar-refractivity contribution in [1.82, 2.24) is 14.9 Å². The van der Waals surface area contributed by atoms with E-state index in [1.165, 1.54) is 19.2 Å². The minimum absolute atomic E-state index is 0.0266. The van der Waals surface area contributed by atoms with Gasteiger partial charge < -0.3 is 29.3 Å². The summed E-state index contributed by atoms with van der Waals surface area (Å²) in [4.78, 5) is 30.7. The molecule has 2 unspecified atom stereocenters. The van der Waals surface area contributed by atoms with Gasteiger partial charge in [-0.3, -0.25) is 9.59 Å². The molecule has 0 aliphatic rings. The highest BCUT2D eigenvalue weighted by atomic mass is 32.2. The summed E-state index contributed by atoms with van der Waals surface area (Å²) >= 11 is 1.67. The maximum absolute atomic E-state index is 13.5. The average molecular weight is 538 g/mol. The zero-order valence-corrected chi connectivity index (χ0v) is 22.5. The quantitative estimate of drug-likeness (QED) is 0.272. The fourth-order valence-electron chi connectivity index (χ4n) is 4.55. The SMILES string of the molecule is COc1cc(C(CC(=O)NC(CCSC)c2nc3ccccc3n2C)c2oc(C)cc(=O)c2O)ccc1O. The Morgan fingerprint density at radius 1 is 1.21 bits per heavy atom. The number of amides is 1. The highest BCUT2D eigenvalue weighted by Gasteiger charge is 2.29. The molecule has 2 atom stereocenters. The minimum atomic E-state index is -0.821. The first-order valence-corrected chi connectivity index (χ1v) is 13.5. The van der Waals surface area contributed by atoms with E-state index in [4.69, 9.17) is 14.1 Å². The molecule has 10 heteroatoms. The van der Waals surface area contributed by atoms with Crippen molar-refractivity contribution in [2.24, 2.45) is 7.05 Å². The van der Waals surface area contributed by atoms with Crippen LogP contribution in [0.15, 0.2) is 57.7 Å². The Morgan fingerprint density at radius 3 is 2.68 bits per heavy atom. The number of fused-ring (bicyclic) bond motifs is 1. The minimum Gasteiger partial charge on any atom is -0.504 e. The van der Waals surface area contributed by atoms with Crippen LogP contribution in [0.1, 0.15) is 47.7 Å². The summed E-state index contributed by atoms with van der Waals surface area (Å²) in [6.07, 6.45) is 2.53. The number of hydrogen-bond acceptors (Lipinski definition) is 8. The van der Waals surface area contributed by atoms with Crippen LogP contribution >= 0.6 is 11.8 Å². The van der Waals surface area contributed by atoms with Gasteiger partial charge in [0.25, 0.3) is 0 Å². The molecule has 0 aliphatic carbocycles. The molecule has 38 heavy (non-hydrogen) atoms. The number of methoxy groups -OCH3 is 1. The number of carbonyl (C=O) groups is 1.